The SMILES string of the molecule is CCC([SiH3])[AsH2]. The van der Waals surface area contributed by atoms with Gasteiger partial charge in [-0.25, -0.2) is 0 Å². The summed E-state index contributed by atoms with van der Waals surface area (Å²) in [4.78, 5) is 0. The van der Waals surface area contributed by atoms with Crippen LogP contribution in [0.2, 0.25) is 4.33 Å². The van der Waals surface area contributed by atoms with Crippen LogP contribution in [0.4, 0.5) is 0 Å². The molecule has 0 saturated heterocycles. The monoisotopic (exact) mass is 150 g/mol. The van der Waals surface area contributed by atoms with Gasteiger partial charge >= 0.3 is 44.8 Å². The van der Waals surface area contributed by atoms with E-state index < -0.39 is 0 Å². The average molecular weight is 150 g/mol. The third-order valence-corrected chi connectivity index (χ3v) is 2.45. The van der Waals surface area contributed by atoms with Crippen LogP contribution in [-0.4, -0.2) is 27.1 Å². The van der Waals surface area contributed by atoms with E-state index in [0.717, 1.165) is 4.33 Å². The van der Waals surface area contributed by atoms with Gasteiger partial charge < -0.3 is 0 Å². The molecule has 0 aromatic carbocycles. The van der Waals surface area contributed by atoms with Crippen LogP contribution in [0.25, 0.3) is 0 Å². The van der Waals surface area contributed by atoms with Crippen molar-refractivity contribution in [3.8, 4) is 0 Å². The molecular weight excluding hydrogens is 139 g/mol. The van der Waals surface area contributed by atoms with Crippen LogP contribution in [0, 0.1) is 0 Å². The van der Waals surface area contributed by atoms with Crippen molar-refractivity contribution in [1.29, 1.82) is 0 Å². The van der Waals surface area contributed by atoms with Gasteiger partial charge in [0.05, 0.1) is 0 Å². The number of hydrogen-bond acceptors (Lipinski definition) is 0. The summed E-state index contributed by atoms with van der Waals surface area (Å²) < 4.78 is 1.09. The fraction of sp³-hybridized carbons (Fsp3) is 1.00. The van der Waals surface area contributed by atoms with E-state index in [4.69, 9.17) is 0 Å². The summed E-state index contributed by atoms with van der Waals surface area (Å²) in [5, 5.41) is 0. The van der Waals surface area contributed by atoms with Crippen molar-refractivity contribution in [1.82, 2.24) is 0 Å². The first-order valence-electron chi connectivity index (χ1n) is 2.03. The summed E-state index contributed by atoms with van der Waals surface area (Å²) in [6.07, 6.45) is 1.40. The Morgan fingerprint density at radius 2 is 2.20 bits per heavy atom. The summed E-state index contributed by atoms with van der Waals surface area (Å²) in [6, 6.07) is 0. The van der Waals surface area contributed by atoms with Crippen LogP contribution in [-0.2, 0) is 0 Å². The molecule has 2 heteroatoms. The van der Waals surface area contributed by atoms with Crippen LogP contribution in [0.5, 0.6) is 0 Å². The molecule has 0 aliphatic carbocycles. The second-order valence-corrected chi connectivity index (χ2v) is 8.05. The Morgan fingerprint density at radius 1 is 2.00 bits per heavy atom. The molecule has 0 spiro atoms. The molecule has 0 aromatic heterocycles. The van der Waals surface area contributed by atoms with Gasteiger partial charge in [-0.1, -0.05) is 0 Å². The third-order valence-electron chi connectivity index (χ3n) is 0.644. The zero-order valence-electron chi connectivity index (χ0n) is 3.86. The minimum atomic E-state index is 1.09. The first-order chi connectivity index (χ1) is 2.27. The van der Waals surface area contributed by atoms with Crippen LogP contribution in [0.15, 0.2) is 0 Å². The molecule has 32 valence electrons. The molecule has 0 aliphatic heterocycles. The average Bonchev–Trinajstić information content (AvgIpc) is 1.38. The normalized spacial score (nSPS) is 15.6. The van der Waals surface area contributed by atoms with Crippen LogP contribution in [0.3, 0.4) is 0 Å². The molecule has 0 rings (SSSR count). The van der Waals surface area contributed by atoms with Crippen LogP contribution >= 0.6 is 0 Å². The number of rotatable bonds is 1. The zero-order chi connectivity index (χ0) is 4.28. The Kier molecular flexibility index (Phi) is 3.45. The van der Waals surface area contributed by atoms with Gasteiger partial charge in [0, 0.05) is 0 Å². The minimum absolute atomic E-state index is 1.09. The molecule has 0 fully saturated rings. The molecule has 0 N–H and O–H groups in total. The van der Waals surface area contributed by atoms with Gasteiger partial charge in [-0.05, 0) is 0 Å². The zero-order valence-corrected chi connectivity index (χ0v) is 8.28. The second-order valence-electron chi connectivity index (χ2n) is 1.39. The van der Waals surface area contributed by atoms with Gasteiger partial charge in [0.15, 0.2) is 0 Å². The maximum absolute atomic E-state index is 2.25. The predicted octanol–water partition coefficient (Wildman–Crippen LogP) is -0.859. The maximum atomic E-state index is 2.25. The quantitative estimate of drug-likeness (QED) is 0.427. The van der Waals surface area contributed by atoms with Crippen molar-refractivity contribution >= 4 is 27.1 Å². The third kappa shape index (κ3) is 4.78. The Balaban J connectivity index is 2.54. The van der Waals surface area contributed by atoms with Crippen molar-refractivity contribution in [2.75, 3.05) is 0 Å². The van der Waals surface area contributed by atoms with E-state index in [1.165, 1.54) is 16.7 Å². The van der Waals surface area contributed by atoms with Crippen molar-refractivity contribution in [3.63, 3.8) is 0 Å². The molecule has 0 heterocycles. The summed E-state index contributed by atoms with van der Waals surface area (Å²) in [5.74, 6) is 0. The van der Waals surface area contributed by atoms with Crippen molar-refractivity contribution < 1.29 is 0 Å². The molecular formula is C3H11AsSi. The van der Waals surface area contributed by atoms with E-state index in [9.17, 15) is 0 Å². The van der Waals surface area contributed by atoms with Crippen molar-refractivity contribution in [2.45, 2.75) is 17.7 Å². The Morgan fingerprint density at radius 3 is 2.20 bits per heavy atom. The molecule has 0 amide bonds. The summed E-state index contributed by atoms with van der Waals surface area (Å²) in [5.41, 5.74) is 0. The molecule has 0 aliphatic rings. The summed E-state index contributed by atoms with van der Waals surface area (Å²) in [7, 11) is 1.40. The van der Waals surface area contributed by atoms with E-state index in [-0.39, 0.29) is 0 Å². The Bertz CT molecular complexity index is 20.9. The van der Waals surface area contributed by atoms with Crippen LogP contribution in [0.1, 0.15) is 13.3 Å². The van der Waals surface area contributed by atoms with E-state index in [2.05, 4.69) is 6.92 Å². The Labute approximate surface area is 45.3 Å². The summed E-state index contributed by atoms with van der Waals surface area (Å²) in [6.45, 7) is 2.25. The predicted molar refractivity (Wildman–Crippen MR) is 32.5 cm³/mol. The van der Waals surface area contributed by atoms with Gasteiger partial charge in [0.1, 0.15) is 0 Å². The van der Waals surface area contributed by atoms with E-state index >= 15 is 0 Å². The van der Waals surface area contributed by atoms with Gasteiger partial charge in [0.2, 0.25) is 0 Å². The molecule has 5 heavy (non-hydrogen) atoms. The van der Waals surface area contributed by atoms with E-state index in [0.29, 0.717) is 0 Å². The van der Waals surface area contributed by atoms with E-state index in [1.807, 2.05) is 16.9 Å². The number of hydrogen-bond donors (Lipinski definition) is 0. The molecule has 2 atom stereocenters. The molecule has 0 nitrogen and oxygen atoms in total. The second kappa shape index (κ2) is 2.98. The fourth-order valence-electron chi connectivity index (χ4n) is 0. The first-order valence-corrected chi connectivity index (χ1v) is 4.58. The van der Waals surface area contributed by atoms with Gasteiger partial charge in [-0.15, -0.1) is 0 Å². The Hall–Kier alpha value is 0.775. The van der Waals surface area contributed by atoms with Gasteiger partial charge in [0.25, 0.3) is 0 Å². The fourth-order valence-corrected chi connectivity index (χ4v) is 0. The summed E-state index contributed by atoms with van der Waals surface area (Å²) >= 11 is 1.90. The van der Waals surface area contributed by atoms with Crippen molar-refractivity contribution in [3.05, 3.63) is 0 Å². The topological polar surface area (TPSA) is 0 Å². The van der Waals surface area contributed by atoms with Crippen molar-refractivity contribution in [2.24, 2.45) is 0 Å². The van der Waals surface area contributed by atoms with Crippen LogP contribution < -0.4 is 0 Å². The molecule has 0 bridgehead atoms. The van der Waals surface area contributed by atoms with E-state index in [1.54, 1.807) is 0 Å². The van der Waals surface area contributed by atoms with Gasteiger partial charge in [-0.3, -0.25) is 0 Å². The molecule has 0 radical (unpaired) electrons. The standard InChI is InChI=1S/C3H11AsSi/c1-2-3(4)5/h3H,2,4H2,1,5H3. The molecule has 0 aromatic rings. The molecule has 2 unspecified atom stereocenters. The molecule has 0 saturated carbocycles. The first kappa shape index (κ1) is 5.78. The van der Waals surface area contributed by atoms with Gasteiger partial charge in [-0.2, -0.15) is 0 Å².